The van der Waals surface area contributed by atoms with Crippen LogP contribution in [0.1, 0.15) is 44.2 Å². The van der Waals surface area contributed by atoms with E-state index in [0.717, 1.165) is 35.6 Å². The van der Waals surface area contributed by atoms with Gasteiger partial charge in [-0.2, -0.15) is 0 Å². The van der Waals surface area contributed by atoms with Gasteiger partial charge in [0.25, 0.3) is 0 Å². The van der Waals surface area contributed by atoms with E-state index in [2.05, 4.69) is 24.8 Å². The molecule has 5 heteroatoms. The molecule has 3 heterocycles. The molecule has 0 unspecified atom stereocenters. The topological polar surface area (TPSA) is 57.7 Å². The highest BCUT2D eigenvalue weighted by Crippen LogP contribution is 2.28. The summed E-state index contributed by atoms with van der Waals surface area (Å²) in [6.07, 6.45) is 16.7. The zero-order chi connectivity index (χ0) is 15.5. The third kappa shape index (κ3) is 3.44. The molecule has 5 nitrogen and oxygen atoms in total. The van der Waals surface area contributed by atoms with Crippen LogP contribution >= 0.6 is 0 Å². The van der Waals surface area contributed by atoms with Gasteiger partial charge in [-0.25, -0.2) is 9.97 Å². The highest BCUT2D eigenvalue weighted by Gasteiger charge is 2.29. The number of hydrogen-bond acceptors (Lipinski definition) is 4. The smallest absolute Gasteiger partial charge is 0.157 e. The zero-order valence-corrected chi connectivity index (χ0v) is 13.6. The number of aromatic nitrogens is 4. The first-order chi connectivity index (χ1) is 11.4. The summed E-state index contributed by atoms with van der Waals surface area (Å²) in [5.41, 5.74) is 1.92. The summed E-state index contributed by atoms with van der Waals surface area (Å²) < 4.78 is 0. The molecule has 2 aromatic rings. The Labute approximate surface area is 137 Å². The maximum Gasteiger partial charge on any atom is 0.157 e. The molecule has 1 aliphatic carbocycles. The molecule has 1 atom stereocenters. The van der Waals surface area contributed by atoms with Crippen LogP contribution in [0.25, 0.3) is 11.5 Å². The van der Waals surface area contributed by atoms with E-state index in [1.54, 1.807) is 6.20 Å². The highest BCUT2D eigenvalue weighted by molar-refractivity contribution is 5.46. The van der Waals surface area contributed by atoms with Crippen molar-refractivity contribution < 1.29 is 0 Å². The molecule has 23 heavy (non-hydrogen) atoms. The van der Waals surface area contributed by atoms with Gasteiger partial charge >= 0.3 is 0 Å². The molecule has 0 amide bonds. The fourth-order valence-electron chi connectivity index (χ4n) is 4.09. The van der Waals surface area contributed by atoms with Gasteiger partial charge in [0.2, 0.25) is 0 Å². The molecule has 2 fully saturated rings. The molecule has 0 radical (unpaired) electrons. The average molecular weight is 311 g/mol. The molecular formula is C18H25N5. The van der Waals surface area contributed by atoms with Crippen LogP contribution in [0.15, 0.2) is 24.8 Å². The largest absolute Gasteiger partial charge is 0.343 e. The van der Waals surface area contributed by atoms with Crippen molar-refractivity contribution in [2.45, 2.75) is 51.0 Å². The lowest BCUT2D eigenvalue weighted by Gasteiger charge is -2.31. The standard InChI is InChI=1S/C18H25N5/c1-2-4-16(5-3-1)23-9-6-14(13-23)10-15-11-22-17(12-21-15)18-19-7-8-20-18/h7-8,11-12,14,16H,1-6,9-10,13H2,(H,19,20)/t14-/m1/s1. The monoisotopic (exact) mass is 311 g/mol. The minimum Gasteiger partial charge on any atom is -0.343 e. The highest BCUT2D eigenvalue weighted by atomic mass is 15.2. The Kier molecular flexibility index (Phi) is 4.37. The van der Waals surface area contributed by atoms with Gasteiger partial charge in [-0.05, 0) is 38.1 Å². The summed E-state index contributed by atoms with van der Waals surface area (Å²) >= 11 is 0. The summed E-state index contributed by atoms with van der Waals surface area (Å²) in [7, 11) is 0. The maximum absolute atomic E-state index is 4.59. The van der Waals surface area contributed by atoms with Crippen molar-refractivity contribution in [1.29, 1.82) is 0 Å². The summed E-state index contributed by atoms with van der Waals surface area (Å²) in [6, 6.07) is 0.848. The Morgan fingerprint density at radius 2 is 1.96 bits per heavy atom. The van der Waals surface area contributed by atoms with Crippen LogP contribution in [0.2, 0.25) is 0 Å². The second-order valence-electron chi connectivity index (χ2n) is 6.98. The summed E-state index contributed by atoms with van der Waals surface area (Å²) in [6.45, 7) is 2.51. The van der Waals surface area contributed by atoms with Crippen molar-refractivity contribution in [3.05, 3.63) is 30.5 Å². The van der Waals surface area contributed by atoms with E-state index in [1.807, 2.05) is 18.6 Å². The number of H-pyrrole nitrogens is 1. The molecule has 1 aliphatic heterocycles. The van der Waals surface area contributed by atoms with Gasteiger partial charge < -0.3 is 9.88 Å². The van der Waals surface area contributed by atoms with Gasteiger partial charge in [0.15, 0.2) is 5.82 Å². The maximum atomic E-state index is 4.59. The Morgan fingerprint density at radius 1 is 1.04 bits per heavy atom. The van der Waals surface area contributed by atoms with Gasteiger partial charge in [-0.1, -0.05) is 19.3 Å². The third-order valence-corrected chi connectivity index (χ3v) is 5.35. The lowest BCUT2D eigenvalue weighted by atomic mass is 9.94. The molecular weight excluding hydrogens is 286 g/mol. The molecule has 0 bridgehead atoms. The second kappa shape index (κ2) is 6.79. The number of hydrogen-bond donors (Lipinski definition) is 1. The van der Waals surface area contributed by atoms with Gasteiger partial charge in [-0.3, -0.25) is 4.98 Å². The summed E-state index contributed by atoms with van der Waals surface area (Å²) in [5, 5.41) is 0. The number of aromatic amines is 1. The molecule has 2 aliphatic rings. The van der Waals surface area contributed by atoms with Crippen molar-refractivity contribution in [2.75, 3.05) is 13.1 Å². The van der Waals surface area contributed by atoms with Gasteiger partial charge in [0.1, 0.15) is 5.69 Å². The average Bonchev–Trinajstić information content (AvgIpc) is 3.28. The molecule has 1 N–H and O–H groups in total. The van der Waals surface area contributed by atoms with Crippen molar-refractivity contribution in [3.63, 3.8) is 0 Å². The quantitative estimate of drug-likeness (QED) is 0.943. The van der Waals surface area contributed by atoms with Gasteiger partial charge in [0, 0.05) is 31.2 Å². The van der Waals surface area contributed by atoms with Gasteiger partial charge in [-0.15, -0.1) is 0 Å². The van der Waals surface area contributed by atoms with E-state index in [0.29, 0.717) is 0 Å². The van der Waals surface area contributed by atoms with Crippen molar-refractivity contribution in [1.82, 2.24) is 24.8 Å². The first-order valence-corrected chi connectivity index (χ1v) is 8.93. The predicted octanol–water partition coefficient (Wildman–Crippen LogP) is 3.06. The SMILES string of the molecule is c1c[nH]c(-c2cnc(C[C@H]3CCN(C4CCCCC4)C3)cn2)n1. The number of likely N-dealkylation sites (tertiary alicyclic amines) is 1. The predicted molar refractivity (Wildman–Crippen MR) is 89.9 cm³/mol. The van der Waals surface area contributed by atoms with Crippen molar-refractivity contribution in [2.24, 2.45) is 5.92 Å². The van der Waals surface area contributed by atoms with Crippen LogP contribution in [0.5, 0.6) is 0 Å². The van der Waals surface area contributed by atoms with Crippen LogP contribution < -0.4 is 0 Å². The molecule has 4 rings (SSSR count). The van der Waals surface area contributed by atoms with Crippen LogP contribution in [0.3, 0.4) is 0 Å². The molecule has 122 valence electrons. The number of nitrogens with one attached hydrogen (secondary N) is 1. The molecule has 0 aromatic carbocycles. The summed E-state index contributed by atoms with van der Waals surface area (Å²) in [5.74, 6) is 1.52. The lowest BCUT2D eigenvalue weighted by Crippen LogP contribution is -2.35. The third-order valence-electron chi connectivity index (χ3n) is 5.35. The fraction of sp³-hybridized carbons (Fsp3) is 0.611. The van der Waals surface area contributed by atoms with Crippen LogP contribution in [0.4, 0.5) is 0 Å². The fourth-order valence-corrected chi connectivity index (χ4v) is 4.09. The number of rotatable bonds is 4. The van der Waals surface area contributed by atoms with Gasteiger partial charge in [0.05, 0.1) is 11.9 Å². The van der Waals surface area contributed by atoms with E-state index in [1.165, 1.54) is 51.6 Å². The molecule has 1 saturated carbocycles. The van der Waals surface area contributed by atoms with Crippen LogP contribution in [-0.2, 0) is 6.42 Å². The Bertz CT molecular complexity index is 601. The molecule has 1 saturated heterocycles. The number of imidazole rings is 1. The van der Waals surface area contributed by atoms with E-state index in [-0.39, 0.29) is 0 Å². The first-order valence-electron chi connectivity index (χ1n) is 8.93. The van der Waals surface area contributed by atoms with Crippen LogP contribution in [-0.4, -0.2) is 44.0 Å². The van der Waals surface area contributed by atoms with E-state index in [4.69, 9.17) is 0 Å². The normalized spacial score (nSPS) is 23.4. The Morgan fingerprint density at radius 3 is 2.70 bits per heavy atom. The van der Waals surface area contributed by atoms with Crippen LogP contribution in [0, 0.1) is 5.92 Å². The first kappa shape index (κ1) is 14.8. The zero-order valence-electron chi connectivity index (χ0n) is 13.6. The second-order valence-corrected chi connectivity index (χ2v) is 6.98. The summed E-state index contributed by atoms with van der Waals surface area (Å²) in [4.78, 5) is 19.1. The lowest BCUT2D eigenvalue weighted by molar-refractivity contribution is 0.185. The van der Waals surface area contributed by atoms with E-state index in [9.17, 15) is 0 Å². The van der Waals surface area contributed by atoms with Crippen molar-refractivity contribution >= 4 is 0 Å². The Hall–Kier alpha value is -1.75. The molecule has 2 aromatic heterocycles. The van der Waals surface area contributed by atoms with E-state index >= 15 is 0 Å². The minimum atomic E-state index is 0.737. The van der Waals surface area contributed by atoms with Crippen molar-refractivity contribution in [3.8, 4) is 11.5 Å². The van der Waals surface area contributed by atoms with E-state index < -0.39 is 0 Å². The number of nitrogens with zero attached hydrogens (tertiary/aromatic N) is 4. The minimum absolute atomic E-state index is 0.737. The molecule has 0 spiro atoms. The Balaban J connectivity index is 1.33.